The number of fused-ring (bicyclic) bond motifs is 2. The lowest BCUT2D eigenvalue weighted by Crippen LogP contribution is -2.55. The molecule has 0 saturated carbocycles. The standard InChI is InChI=1S/C23H40N6O2.HI/c1-7-24-21(26-14-20-25-10-11-28(20)15-16(2)3)27-17-12-18-8-9-19(13-17)29(18)22(30)31-23(4,5)6;/h10-11,16-19H,7-9,12-15H2,1-6H3,(H2,24,26,27);1H. The van der Waals surface area contributed by atoms with Crippen molar-refractivity contribution in [3.05, 3.63) is 18.2 Å². The Balaban J connectivity index is 0.00000363. The van der Waals surface area contributed by atoms with E-state index in [9.17, 15) is 4.79 Å². The Labute approximate surface area is 210 Å². The van der Waals surface area contributed by atoms with Crippen LogP contribution in [-0.4, -0.2) is 56.8 Å². The zero-order valence-electron chi connectivity index (χ0n) is 20.4. The lowest BCUT2D eigenvalue weighted by Gasteiger charge is -2.40. The zero-order chi connectivity index (χ0) is 22.6. The highest BCUT2D eigenvalue weighted by molar-refractivity contribution is 14.0. The van der Waals surface area contributed by atoms with Crippen molar-refractivity contribution in [2.24, 2.45) is 10.9 Å². The van der Waals surface area contributed by atoms with Crippen molar-refractivity contribution < 1.29 is 9.53 Å². The second kappa shape index (κ2) is 11.6. The maximum Gasteiger partial charge on any atom is 0.410 e. The third-order valence-corrected chi connectivity index (χ3v) is 5.76. The van der Waals surface area contributed by atoms with Crippen molar-refractivity contribution in [2.75, 3.05) is 6.54 Å². The van der Waals surface area contributed by atoms with Crippen LogP contribution in [0.1, 0.15) is 73.1 Å². The molecule has 1 aromatic heterocycles. The molecule has 1 aromatic rings. The number of guanidine groups is 1. The fourth-order valence-electron chi connectivity index (χ4n) is 4.62. The van der Waals surface area contributed by atoms with Gasteiger partial charge in [-0.05, 0) is 59.3 Å². The largest absolute Gasteiger partial charge is 0.444 e. The van der Waals surface area contributed by atoms with Crippen molar-refractivity contribution in [3.63, 3.8) is 0 Å². The van der Waals surface area contributed by atoms with Gasteiger partial charge in [-0.15, -0.1) is 24.0 Å². The quantitative estimate of drug-likeness (QED) is 0.311. The van der Waals surface area contributed by atoms with Crippen molar-refractivity contribution in [1.82, 2.24) is 25.1 Å². The molecule has 2 N–H and O–H groups in total. The van der Waals surface area contributed by atoms with E-state index in [0.29, 0.717) is 18.5 Å². The molecule has 0 spiro atoms. The second-order valence-corrected chi connectivity index (χ2v) is 10.2. The number of aromatic nitrogens is 2. The summed E-state index contributed by atoms with van der Waals surface area (Å²) in [6.45, 7) is 14.5. The van der Waals surface area contributed by atoms with Crippen molar-refractivity contribution >= 4 is 36.0 Å². The summed E-state index contributed by atoms with van der Waals surface area (Å²) in [6.07, 6.45) is 7.62. The van der Waals surface area contributed by atoms with Crippen LogP contribution in [0, 0.1) is 5.92 Å². The molecule has 182 valence electrons. The van der Waals surface area contributed by atoms with Crippen LogP contribution in [0.2, 0.25) is 0 Å². The van der Waals surface area contributed by atoms with Gasteiger partial charge in [0.2, 0.25) is 0 Å². The molecule has 8 nitrogen and oxygen atoms in total. The third kappa shape index (κ3) is 7.25. The summed E-state index contributed by atoms with van der Waals surface area (Å²) in [5.41, 5.74) is -0.461. The van der Waals surface area contributed by atoms with Gasteiger partial charge in [0.15, 0.2) is 5.96 Å². The van der Waals surface area contributed by atoms with E-state index in [1.54, 1.807) is 0 Å². The van der Waals surface area contributed by atoms with Crippen LogP contribution < -0.4 is 10.6 Å². The lowest BCUT2D eigenvalue weighted by atomic mass is 9.98. The number of rotatable bonds is 6. The summed E-state index contributed by atoms with van der Waals surface area (Å²) in [7, 11) is 0. The normalized spacial score (nSPS) is 23.2. The molecule has 3 heterocycles. The number of carbonyl (C=O) groups excluding carboxylic acids is 1. The van der Waals surface area contributed by atoms with Gasteiger partial charge in [0.25, 0.3) is 0 Å². The molecular weight excluding hydrogens is 519 g/mol. The Bertz CT molecular complexity index is 759. The lowest BCUT2D eigenvalue weighted by molar-refractivity contribution is 0.00545. The molecule has 0 radical (unpaired) electrons. The predicted octanol–water partition coefficient (Wildman–Crippen LogP) is 4.14. The number of nitrogens with zero attached hydrogens (tertiary/aromatic N) is 4. The Kier molecular flexibility index (Phi) is 9.66. The summed E-state index contributed by atoms with van der Waals surface area (Å²) in [4.78, 5) is 23.9. The Morgan fingerprint density at radius 2 is 1.94 bits per heavy atom. The predicted molar refractivity (Wildman–Crippen MR) is 138 cm³/mol. The summed E-state index contributed by atoms with van der Waals surface area (Å²) in [6, 6.07) is 0.766. The fourth-order valence-corrected chi connectivity index (χ4v) is 4.62. The number of imidazole rings is 1. The number of piperidine rings is 1. The maximum absolute atomic E-state index is 12.7. The number of ether oxygens (including phenoxy) is 1. The van der Waals surface area contributed by atoms with Gasteiger partial charge in [-0.1, -0.05) is 13.8 Å². The summed E-state index contributed by atoms with van der Waals surface area (Å²) < 4.78 is 7.83. The van der Waals surface area contributed by atoms with E-state index in [1.165, 1.54) is 0 Å². The van der Waals surface area contributed by atoms with Crippen molar-refractivity contribution in [3.8, 4) is 0 Å². The van der Waals surface area contributed by atoms with E-state index in [2.05, 4.69) is 41.0 Å². The average Bonchev–Trinajstić information content (AvgIpc) is 3.20. The first-order valence-corrected chi connectivity index (χ1v) is 11.7. The minimum atomic E-state index is -0.461. The van der Waals surface area contributed by atoms with E-state index >= 15 is 0 Å². The van der Waals surface area contributed by atoms with Crippen LogP contribution in [0.3, 0.4) is 0 Å². The Morgan fingerprint density at radius 1 is 1.28 bits per heavy atom. The minimum absolute atomic E-state index is 0. The van der Waals surface area contributed by atoms with Crippen LogP contribution in [-0.2, 0) is 17.8 Å². The molecular formula is C23H41IN6O2. The number of aliphatic imine (C=N–C) groups is 1. The molecule has 0 aliphatic carbocycles. The Morgan fingerprint density at radius 3 is 2.50 bits per heavy atom. The highest BCUT2D eigenvalue weighted by atomic mass is 127. The van der Waals surface area contributed by atoms with Gasteiger partial charge in [-0.3, -0.25) is 0 Å². The minimum Gasteiger partial charge on any atom is -0.444 e. The smallest absolute Gasteiger partial charge is 0.410 e. The van der Waals surface area contributed by atoms with E-state index in [1.807, 2.05) is 38.1 Å². The molecule has 2 fully saturated rings. The summed E-state index contributed by atoms with van der Waals surface area (Å²) in [5.74, 6) is 2.36. The number of halogens is 1. The molecule has 0 aromatic carbocycles. The molecule has 32 heavy (non-hydrogen) atoms. The molecule has 2 unspecified atom stereocenters. The average molecular weight is 561 g/mol. The molecule has 2 atom stereocenters. The van der Waals surface area contributed by atoms with Crippen LogP contribution in [0.4, 0.5) is 4.79 Å². The molecule has 2 bridgehead atoms. The first kappa shape index (κ1) is 26.7. The highest BCUT2D eigenvalue weighted by Gasteiger charge is 2.45. The second-order valence-electron chi connectivity index (χ2n) is 10.2. The van der Waals surface area contributed by atoms with Crippen molar-refractivity contribution in [1.29, 1.82) is 0 Å². The van der Waals surface area contributed by atoms with Gasteiger partial charge in [0.1, 0.15) is 18.0 Å². The van der Waals surface area contributed by atoms with Crippen LogP contribution >= 0.6 is 24.0 Å². The summed E-state index contributed by atoms with van der Waals surface area (Å²) >= 11 is 0. The number of amides is 1. The van der Waals surface area contributed by atoms with Gasteiger partial charge >= 0.3 is 6.09 Å². The van der Waals surface area contributed by atoms with E-state index < -0.39 is 5.60 Å². The van der Waals surface area contributed by atoms with Gasteiger partial charge in [-0.2, -0.15) is 0 Å². The van der Waals surface area contributed by atoms with Crippen LogP contribution in [0.25, 0.3) is 0 Å². The first-order chi connectivity index (χ1) is 14.7. The SMILES string of the molecule is CCNC(=NCc1nccn1CC(C)C)NC1CC2CCC(C1)N2C(=O)OC(C)(C)C.I. The molecule has 2 aliphatic heterocycles. The zero-order valence-corrected chi connectivity index (χ0v) is 22.8. The van der Waals surface area contributed by atoms with Gasteiger partial charge < -0.3 is 24.8 Å². The van der Waals surface area contributed by atoms with Gasteiger partial charge in [0.05, 0.1) is 0 Å². The number of hydrogen-bond acceptors (Lipinski definition) is 4. The van der Waals surface area contributed by atoms with Crippen LogP contribution in [0.15, 0.2) is 17.4 Å². The topological polar surface area (TPSA) is 83.8 Å². The van der Waals surface area contributed by atoms with Crippen LogP contribution in [0.5, 0.6) is 0 Å². The van der Waals surface area contributed by atoms with Crippen molar-refractivity contribution in [2.45, 2.75) is 104 Å². The molecule has 2 aliphatic rings. The number of nitrogens with one attached hydrogen (secondary N) is 2. The highest BCUT2D eigenvalue weighted by Crippen LogP contribution is 2.36. The third-order valence-electron chi connectivity index (χ3n) is 5.76. The first-order valence-electron chi connectivity index (χ1n) is 11.7. The monoisotopic (exact) mass is 560 g/mol. The molecule has 9 heteroatoms. The van der Waals surface area contributed by atoms with E-state index in [4.69, 9.17) is 9.73 Å². The van der Waals surface area contributed by atoms with Gasteiger partial charge in [-0.25, -0.2) is 14.8 Å². The maximum atomic E-state index is 12.7. The van der Waals surface area contributed by atoms with Gasteiger partial charge in [0, 0.05) is 43.6 Å². The number of carbonyl (C=O) groups is 1. The molecule has 3 rings (SSSR count). The number of hydrogen-bond donors (Lipinski definition) is 2. The van der Waals surface area contributed by atoms with E-state index in [0.717, 1.165) is 50.6 Å². The molecule has 1 amide bonds. The Hall–Kier alpha value is -1.52. The van der Waals surface area contributed by atoms with E-state index in [-0.39, 0.29) is 42.2 Å². The summed E-state index contributed by atoms with van der Waals surface area (Å²) in [5, 5.41) is 6.98. The molecule has 2 saturated heterocycles. The fraction of sp³-hybridized carbons (Fsp3) is 0.783.